The van der Waals surface area contributed by atoms with E-state index in [4.69, 9.17) is 4.74 Å². The third-order valence-electron chi connectivity index (χ3n) is 8.32. The van der Waals surface area contributed by atoms with Crippen LogP contribution < -0.4 is 10.2 Å². The summed E-state index contributed by atoms with van der Waals surface area (Å²) in [6.07, 6.45) is 6.36. The third kappa shape index (κ3) is 4.27. The maximum atomic E-state index is 13.3. The molecule has 7 nitrogen and oxygen atoms in total. The molecule has 1 spiro atoms. The highest BCUT2D eigenvalue weighted by molar-refractivity contribution is 6.01. The zero-order valence-corrected chi connectivity index (χ0v) is 20.8. The van der Waals surface area contributed by atoms with Gasteiger partial charge < -0.3 is 15.0 Å². The van der Waals surface area contributed by atoms with Crippen LogP contribution in [0.1, 0.15) is 47.8 Å². The standard InChI is InChI=1S/C30H31N5O2/c36-29(32-28(21-4-5-21)26-3-1-2-14-31-26)22-8-11-25-24(17-22)27(34-33-25)20-6-9-23(10-7-20)35-18-30(19-35)12-15-37-16-13-30/h1-3,6-11,14,17,21,28H,4-5,12-13,15-16,18-19H2,(H,32,36)(H,33,34)/t28-/m0/s1. The number of hydrogen-bond donors (Lipinski definition) is 2. The molecule has 1 saturated carbocycles. The quantitative estimate of drug-likeness (QED) is 0.389. The van der Waals surface area contributed by atoms with Crippen molar-refractivity contribution in [1.82, 2.24) is 20.5 Å². The summed E-state index contributed by atoms with van der Waals surface area (Å²) in [5.74, 6) is 0.380. The second-order valence-corrected chi connectivity index (χ2v) is 10.9. The van der Waals surface area contributed by atoms with E-state index in [9.17, 15) is 4.79 Å². The van der Waals surface area contributed by atoms with Crippen molar-refractivity contribution in [1.29, 1.82) is 0 Å². The predicted octanol–water partition coefficient (Wildman–Crippen LogP) is 5.12. The van der Waals surface area contributed by atoms with Crippen molar-refractivity contribution >= 4 is 22.5 Å². The lowest BCUT2D eigenvalue weighted by molar-refractivity contribution is -0.000191. The van der Waals surface area contributed by atoms with Gasteiger partial charge in [-0.1, -0.05) is 18.2 Å². The van der Waals surface area contributed by atoms with Crippen LogP contribution in [0, 0.1) is 11.3 Å². The molecule has 188 valence electrons. The molecule has 2 saturated heterocycles. The van der Waals surface area contributed by atoms with Gasteiger partial charge in [0.1, 0.15) is 0 Å². The van der Waals surface area contributed by atoms with Crippen molar-refractivity contribution in [3.8, 4) is 11.3 Å². The molecule has 3 fully saturated rings. The zero-order chi connectivity index (χ0) is 24.8. The normalized spacial score (nSPS) is 19.5. The number of ether oxygens (including phenoxy) is 1. The number of aromatic amines is 1. The molecule has 2 N–H and O–H groups in total. The van der Waals surface area contributed by atoms with Gasteiger partial charge in [0, 0.05) is 60.1 Å². The molecule has 1 atom stereocenters. The Kier molecular flexibility index (Phi) is 5.47. The Morgan fingerprint density at radius 1 is 1.05 bits per heavy atom. The highest BCUT2D eigenvalue weighted by Crippen LogP contribution is 2.43. The van der Waals surface area contributed by atoms with Gasteiger partial charge in [-0.25, -0.2) is 0 Å². The number of hydrogen-bond acceptors (Lipinski definition) is 5. The molecule has 0 unspecified atom stereocenters. The van der Waals surface area contributed by atoms with E-state index in [-0.39, 0.29) is 11.9 Å². The van der Waals surface area contributed by atoms with E-state index in [1.54, 1.807) is 6.20 Å². The van der Waals surface area contributed by atoms with Crippen molar-refractivity contribution in [3.05, 3.63) is 78.1 Å². The van der Waals surface area contributed by atoms with Crippen molar-refractivity contribution in [2.75, 3.05) is 31.2 Å². The fraction of sp³-hybridized carbons (Fsp3) is 0.367. The number of aromatic nitrogens is 3. The molecule has 7 rings (SSSR count). The van der Waals surface area contributed by atoms with Crippen LogP contribution in [0.3, 0.4) is 0 Å². The Morgan fingerprint density at radius 3 is 2.59 bits per heavy atom. The fourth-order valence-corrected chi connectivity index (χ4v) is 5.92. The van der Waals surface area contributed by atoms with Crippen LogP contribution in [0.2, 0.25) is 0 Å². The second kappa shape index (κ2) is 8.99. The van der Waals surface area contributed by atoms with Crippen molar-refractivity contribution in [2.24, 2.45) is 11.3 Å². The molecule has 2 aromatic carbocycles. The Labute approximate surface area is 216 Å². The number of fused-ring (bicyclic) bond motifs is 1. The molecule has 2 aromatic heterocycles. The monoisotopic (exact) mass is 493 g/mol. The van der Waals surface area contributed by atoms with Crippen LogP contribution in [0.25, 0.3) is 22.2 Å². The third-order valence-corrected chi connectivity index (χ3v) is 8.32. The van der Waals surface area contributed by atoms with E-state index >= 15 is 0 Å². The van der Waals surface area contributed by atoms with Crippen LogP contribution in [0.5, 0.6) is 0 Å². The van der Waals surface area contributed by atoms with Gasteiger partial charge in [0.25, 0.3) is 5.91 Å². The van der Waals surface area contributed by atoms with Gasteiger partial charge in [0.15, 0.2) is 0 Å². The van der Waals surface area contributed by atoms with Crippen molar-refractivity contribution < 1.29 is 9.53 Å². The van der Waals surface area contributed by atoms with E-state index in [1.165, 1.54) is 18.5 Å². The Hall–Kier alpha value is -3.71. The lowest BCUT2D eigenvalue weighted by atomic mass is 9.73. The number of carbonyl (C=O) groups is 1. The number of benzene rings is 2. The summed E-state index contributed by atoms with van der Waals surface area (Å²) in [7, 11) is 0. The van der Waals surface area contributed by atoms with Gasteiger partial charge in [-0.3, -0.25) is 14.9 Å². The lowest BCUT2D eigenvalue weighted by Crippen LogP contribution is -2.58. The van der Waals surface area contributed by atoms with E-state index in [1.807, 2.05) is 36.4 Å². The van der Waals surface area contributed by atoms with E-state index in [0.29, 0.717) is 16.9 Å². The number of nitrogens with zero attached hydrogens (tertiary/aromatic N) is 3. The van der Waals surface area contributed by atoms with Crippen LogP contribution >= 0.6 is 0 Å². The average Bonchev–Trinajstić information content (AvgIpc) is 3.69. The average molecular weight is 494 g/mol. The number of pyridine rings is 1. The number of rotatable bonds is 6. The first-order valence-electron chi connectivity index (χ1n) is 13.3. The van der Waals surface area contributed by atoms with Gasteiger partial charge >= 0.3 is 0 Å². The molecule has 4 heterocycles. The highest BCUT2D eigenvalue weighted by Gasteiger charge is 2.43. The lowest BCUT2D eigenvalue weighted by Gasteiger charge is -2.53. The second-order valence-electron chi connectivity index (χ2n) is 10.9. The van der Waals surface area contributed by atoms with Gasteiger partial charge in [-0.15, -0.1) is 0 Å². The summed E-state index contributed by atoms with van der Waals surface area (Å²) in [6, 6.07) is 20.2. The fourth-order valence-electron chi connectivity index (χ4n) is 5.92. The molecule has 37 heavy (non-hydrogen) atoms. The minimum atomic E-state index is -0.0771. The smallest absolute Gasteiger partial charge is 0.251 e. The first-order chi connectivity index (χ1) is 18.2. The van der Waals surface area contributed by atoms with Crippen LogP contribution in [0.15, 0.2) is 66.9 Å². The molecule has 1 amide bonds. The first-order valence-corrected chi connectivity index (χ1v) is 13.3. The van der Waals surface area contributed by atoms with Crippen LogP contribution in [-0.4, -0.2) is 47.4 Å². The van der Waals surface area contributed by atoms with E-state index in [0.717, 1.165) is 67.0 Å². The summed E-state index contributed by atoms with van der Waals surface area (Å²) in [5, 5.41) is 11.9. The zero-order valence-electron chi connectivity index (χ0n) is 20.8. The van der Waals surface area contributed by atoms with Gasteiger partial charge in [-0.2, -0.15) is 5.10 Å². The van der Waals surface area contributed by atoms with Gasteiger partial charge in [0.2, 0.25) is 0 Å². The van der Waals surface area contributed by atoms with Gasteiger partial charge in [0.05, 0.1) is 22.9 Å². The molecule has 0 radical (unpaired) electrons. The summed E-state index contributed by atoms with van der Waals surface area (Å²) < 4.78 is 5.55. The Bertz CT molecular complexity index is 1410. The summed E-state index contributed by atoms with van der Waals surface area (Å²) >= 11 is 0. The minimum Gasteiger partial charge on any atom is -0.381 e. The number of nitrogens with one attached hydrogen (secondary N) is 2. The SMILES string of the molecule is O=C(N[C@H](c1ccccn1)C1CC1)c1ccc2[nH]nc(-c3ccc(N4CC5(CCOCC5)C4)cc3)c2c1. The van der Waals surface area contributed by atoms with Crippen LogP contribution in [0.4, 0.5) is 5.69 Å². The maximum Gasteiger partial charge on any atom is 0.251 e. The number of H-pyrrole nitrogens is 1. The van der Waals surface area contributed by atoms with Crippen molar-refractivity contribution in [2.45, 2.75) is 31.7 Å². The predicted molar refractivity (Wildman–Crippen MR) is 143 cm³/mol. The largest absolute Gasteiger partial charge is 0.381 e. The van der Waals surface area contributed by atoms with E-state index < -0.39 is 0 Å². The summed E-state index contributed by atoms with van der Waals surface area (Å²) in [5.41, 5.74) is 6.08. The molecule has 2 aliphatic heterocycles. The van der Waals surface area contributed by atoms with Crippen LogP contribution in [-0.2, 0) is 4.74 Å². The molecular formula is C30H31N5O2. The topological polar surface area (TPSA) is 83.1 Å². The Balaban J connectivity index is 1.10. The Morgan fingerprint density at radius 2 is 1.86 bits per heavy atom. The molecular weight excluding hydrogens is 462 g/mol. The molecule has 4 aromatic rings. The summed E-state index contributed by atoms with van der Waals surface area (Å²) in [6.45, 7) is 4.01. The number of anilines is 1. The van der Waals surface area contributed by atoms with Crippen molar-refractivity contribution in [3.63, 3.8) is 0 Å². The molecule has 0 bridgehead atoms. The minimum absolute atomic E-state index is 0.0532. The highest BCUT2D eigenvalue weighted by atomic mass is 16.5. The molecule has 3 aliphatic rings. The summed E-state index contributed by atoms with van der Waals surface area (Å²) in [4.78, 5) is 20.2. The molecule has 1 aliphatic carbocycles. The van der Waals surface area contributed by atoms with Gasteiger partial charge in [-0.05, 0) is 74.1 Å². The number of carbonyl (C=O) groups excluding carboxylic acids is 1. The molecule has 7 heteroatoms. The first kappa shape index (κ1) is 22.5. The van der Waals surface area contributed by atoms with E-state index in [2.05, 4.69) is 49.7 Å². The number of amides is 1. The maximum absolute atomic E-state index is 13.3.